The van der Waals surface area contributed by atoms with Crippen molar-refractivity contribution in [3.8, 4) is 5.75 Å². The summed E-state index contributed by atoms with van der Waals surface area (Å²) >= 11 is 3.60. The summed E-state index contributed by atoms with van der Waals surface area (Å²) < 4.78 is 6.72. The summed E-state index contributed by atoms with van der Waals surface area (Å²) in [5, 5.41) is 3.36. The molecule has 1 aromatic rings. The zero-order valence-corrected chi connectivity index (χ0v) is 14.2. The van der Waals surface area contributed by atoms with Gasteiger partial charge in [0.1, 0.15) is 5.75 Å². The molecule has 20 heavy (non-hydrogen) atoms. The lowest BCUT2D eigenvalue weighted by atomic mass is 9.88. The minimum atomic E-state index is 0.414. The van der Waals surface area contributed by atoms with E-state index >= 15 is 0 Å². The van der Waals surface area contributed by atoms with Crippen molar-refractivity contribution in [1.29, 1.82) is 0 Å². The molecule has 1 heterocycles. The van der Waals surface area contributed by atoms with E-state index in [9.17, 15) is 0 Å². The highest BCUT2D eigenvalue weighted by molar-refractivity contribution is 9.10. The van der Waals surface area contributed by atoms with Gasteiger partial charge in [-0.15, -0.1) is 0 Å². The molecule has 1 aliphatic rings. The molecule has 1 aliphatic heterocycles. The molecule has 2 atom stereocenters. The summed E-state index contributed by atoms with van der Waals surface area (Å²) in [5.74, 6) is 1.61. The maximum Gasteiger partial charge on any atom is 0.123 e. The fourth-order valence-electron chi connectivity index (χ4n) is 3.33. The van der Waals surface area contributed by atoms with Crippen LogP contribution in [0.15, 0.2) is 22.7 Å². The number of rotatable bonds is 4. The zero-order valence-electron chi connectivity index (χ0n) is 12.7. The van der Waals surface area contributed by atoms with E-state index in [0.717, 1.165) is 23.3 Å². The molecule has 4 heteroatoms. The SMILES string of the molecule is CNCC1CCCCN(C)C1c1cc(Br)ccc1OC. The molecule has 1 saturated heterocycles. The number of hydrogen-bond donors (Lipinski definition) is 1. The predicted octanol–water partition coefficient (Wildman–Crippen LogP) is 3.45. The maximum atomic E-state index is 5.60. The summed E-state index contributed by atoms with van der Waals surface area (Å²) in [6, 6.07) is 6.74. The fraction of sp³-hybridized carbons (Fsp3) is 0.625. The van der Waals surface area contributed by atoms with Crippen LogP contribution in [0.5, 0.6) is 5.75 Å². The van der Waals surface area contributed by atoms with Gasteiger partial charge < -0.3 is 10.1 Å². The molecular weight excluding hydrogens is 316 g/mol. The Hall–Kier alpha value is -0.580. The minimum Gasteiger partial charge on any atom is -0.496 e. The van der Waals surface area contributed by atoms with Gasteiger partial charge in [0.15, 0.2) is 0 Å². The number of nitrogens with zero attached hydrogens (tertiary/aromatic N) is 1. The number of ether oxygens (including phenoxy) is 1. The van der Waals surface area contributed by atoms with Crippen LogP contribution in [0.25, 0.3) is 0 Å². The van der Waals surface area contributed by atoms with E-state index in [4.69, 9.17) is 4.74 Å². The van der Waals surface area contributed by atoms with Gasteiger partial charge in [-0.25, -0.2) is 0 Å². The van der Waals surface area contributed by atoms with Crippen LogP contribution in [-0.4, -0.2) is 39.2 Å². The fourth-order valence-corrected chi connectivity index (χ4v) is 3.71. The first-order valence-corrected chi connectivity index (χ1v) is 8.15. The van der Waals surface area contributed by atoms with E-state index in [1.54, 1.807) is 7.11 Å². The van der Waals surface area contributed by atoms with E-state index in [1.165, 1.54) is 24.8 Å². The van der Waals surface area contributed by atoms with Crippen LogP contribution in [0.4, 0.5) is 0 Å². The van der Waals surface area contributed by atoms with Gasteiger partial charge in [0.05, 0.1) is 7.11 Å². The molecule has 1 N–H and O–H groups in total. The lowest BCUT2D eigenvalue weighted by Crippen LogP contribution is -2.34. The second kappa shape index (κ2) is 7.43. The Kier molecular flexibility index (Phi) is 5.87. The molecule has 1 fully saturated rings. The molecule has 0 spiro atoms. The molecule has 3 nitrogen and oxygen atoms in total. The Morgan fingerprint density at radius 2 is 2.20 bits per heavy atom. The van der Waals surface area contributed by atoms with Gasteiger partial charge >= 0.3 is 0 Å². The van der Waals surface area contributed by atoms with Gasteiger partial charge in [0, 0.05) is 16.1 Å². The van der Waals surface area contributed by atoms with Gasteiger partial charge in [0.2, 0.25) is 0 Å². The Bertz CT molecular complexity index is 438. The molecule has 1 aromatic carbocycles. The van der Waals surface area contributed by atoms with Gasteiger partial charge in [-0.1, -0.05) is 22.4 Å². The van der Waals surface area contributed by atoms with Crippen molar-refractivity contribution in [3.63, 3.8) is 0 Å². The van der Waals surface area contributed by atoms with Crippen LogP contribution in [0.2, 0.25) is 0 Å². The minimum absolute atomic E-state index is 0.414. The zero-order chi connectivity index (χ0) is 14.5. The monoisotopic (exact) mass is 340 g/mol. The van der Waals surface area contributed by atoms with Crippen molar-refractivity contribution in [2.24, 2.45) is 5.92 Å². The van der Waals surface area contributed by atoms with E-state index in [1.807, 2.05) is 13.1 Å². The second-order valence-corrected chi connectivity index (χ2v) is 6.54. The van der Waals surface area contributed by atoms with Crippen LogP contribution in [0.1, 0.15) is 30.9 Å². The topological polar surface area (TPSA) is 24.5 Å². The third kappa shape index (κ3) is 3.54. The van der Waals surface area contributed by atoms with Crippen molar-refractivity contribution in [1.82, 2.24) is 10.2 Å². The molecular formula is C16H25BrN2O. The van der Waals surface area contributed by atoms with Crippen LogP contribution >= 0.6 is 15.9 Å². The van der Waals surface area contributed by atoms with Crippen molar-refractivity contribution in [2.75, 3.05) is 34.3 Å². The normalized spacial score (nSPS) is 24.4. The standard InChI is InChI=1S/C16H25BrN2O/c1-18-11-12-6-4-5-9-19(2)16(12)14-10-13(17)7-8-15(14)20-3/h7-8,10,12,16,18H,4-6,9,11H2,1-3H3. The average Bonchev–Trinajstić information content (AvgIpc) is 2.61. The smallest absolute Gasteiger partial charge is 0.123 e. The summed E-state index contributed by atoms with van der Waals surface area (Å²) in [6.45, 7) is 2.20. The van der Waals surface area contributed by atoms with Crippen LogP contribution < -0.4 is 10.1 Å². The number of nitrogens with one attached hydrogen (secondary N) is 1. The molecule has 0 radical (unpaired) electrons. The number of likely N-dealkylation sites (tertiary alicyclic amines) is 1. The molecule has 2 unspecified atom stereocenters. The van der Waals surface area contributed by atoms with Gasteiger partial charge in [-0.2, -0.15) is 0 Å². The lowest BCUT2D eigenvalue weighted by molar-refractivity contribution is 0.186. The van der Waals surface area contributed by atoms with E-state index in [-0.39, 0.29) is 0 Å². The van der Waals surface area contributed by atoms with E-state index < -0.39 is 0 Å². The highest BCUT2D eigenvalue weighted by Crippen LogP contribution is 2.39. The summed E-state index contributed by atoms with van der Waals surface area (Å²) in [4.78, 5) is 2.49. The maximum absolute atomic E-state index is 5.60. The van der Waals surface area contributed by atoms with Crippen molar-refractivity contribution in [2.45, 2.75) is 25.3 Å². The second-order valence-electron chi connectivity index (χ2n) is 5.63. The first-order chi connectivity index (χ1) is 9.67. The molecule has 2 rings (SSSR count). The average molecular weight is 341 g/mol. The predicted molar refractivity (Wildman–Crippen MR) is 87.3 cm³/mol. The number of halogens is 1. The Labute approximate surface area is 130 Å². The van der Waals surface area contributed by atoms with Gasteiger partial charge in [-0.05, 0) is 64.1 Å². The third-order valence-electron chi connectivity index (χ3n) is 4.23. The van der Waals surface area contributed by atoms with Crippen LogP contribution in [-0.2, 0) is 0 Å². The summed E-state index contributed by atoms with van der Waals surface area (Å²) in [6.07, 6.45) is 3.86. The van der Waals surface area contributed by atoms with Gasteiger partial charge in [0.25, 0.3) is 0 Å². The molecule has 0 saturated carbocycles. The number of benzene rings is 1. The molecule has 0 aliphatic carbocycles. The molecule has 0 aromatic heterocycles. The Balaban J connectivity index is 2.40. The van der Waals surface area contributed by atoms with E-state index in [0.29, 0.717) is 12.0 Å². The number of methoxy groups -OCH3 is 1. The largest absolute Gasteiger partial charge is 0.496 e. The van der Waals surface area contributed by atoms with Crippen molar-refractivity contribution in [3.05, 3.63) is 28.2 Å². The first-order valence-electron chi connectivity index (χ1n) is 7.35. The Morgan fingerprint density at radius 1 is 1.40 bits per heavy atom. The quantitative estimate of drug-likeness (QED) is 0.908. The van der Waals surface area contributed by atoms with E-state index in [2.05, 4.69) is 45.3 Å². The number of hydrogen-bond acceptors (Lipinski definition) is 3. The summed E-state index contributed by atoms with van der Waals surface area (Å²) in [7, 11) is 6.04. The third-order valence-corrected chi connectivity index (χ3v) is 4.73. The van der Waals surface area contributed by atoms with Crippen molar-refractivity contribution >= 4 is 15.9 Å². The molecule has 0 bridgehead atoms. The first kappa shape index (κ1) is 15.8. The molecule has 0 amide bonds. The molecule has 112 valence electrons. The highest BCUT2D eigenvalue weighted by atomic mass is 79.9. The van der Waals surface area contributed by atoms with Crippen LogP contribution in [0, 0.1) is 5.92 Å². The summed E-state index contributed by atoms with van der Waals surface area (Å²) in [5.41, 5.74) is 1.30. The highest BCUT2D eigenvalue weighted by Gasteiger charge is 2.30. The van der Waals surface area contributed by atoms with Crippen LogP contribution in [0.3, 0.4) is 0 Å². The Morgan fingerprint density at radius 3 is 2.90 bits per heavy atom. The van der Waals surface area contributed by atoms with Gasteiger partial charge in [-0.3, -0.25) is 4.90 Å². The lowest BCUT2D eigenvalue weighted by Gasteiger charge is -2.33. The van der Waals surface area contributed by atoms with Crippen molar-refractivity contribution < 1.29 is 4.74 Å².